The van der Waals surface area contributed by atoms with Gasteiger partial charge in [-0.2, -0.15) is 10.1 Å². The molecule has 3 N–H and O–H groups in total. The highest BCUT2D eigenvalue weighted by Crippen LogP contribution is 2.27. The monoisotopic (exact) mass is 419 g/mol. The number of hydrogen-bond acceptors (Lipinski definition) is 6. The van der Waals surface area contributed by atoms with Gasteiger partial charge in [-0.1, -0.05) is 11.6 Å². The normalized spacial score (nSPS) is 15.6. The molecule has 4 rings (SSSR count). The van der Waals surface area contributed by atoms with Gasteiger partial charge in [0.1, 0.15) is 12.4 Å². The van der Waals surface area contributed by atoms with E-state index in [0.29, 0.717) is 11.5 Å². The van der Waals surface area contributed by atoms with E-state index in [4.69, 9.17) is 11.6 Å². The Hall–Kier alpha value is -3.27. The first-order valence-electron chi connectivity index (χ1n) is 8.73. The lowest BCUT2D eigenvalue weighted by atomic mass is 10.1. The summed E-state index contributed by atoms with van der Waals surface area (Å²) in [6.07, 6.45) is 3.11. The maximum absolute atomic E-state index is 13.9. The molecule has 0 aliphatic carbocycles. The van der Waals surface area contributed by atoms with Gasteiger partial charge in [0.2, 0.25) is 11.9 Å². The van der Waals surface area contributed by atoms with Crippen molar-refractivity contribution in [2.75, 3.05) is 10.6 Å². The van der Waals surface area contributed by atoms with Crippen LogP contribution in [-0.4, -0.2) is 25.7 Å². The Labute approximate surface area is 169 Å². The van der Waals surface area contributed by atoms with Crippen molar-refractivity contribution in [1.82, 2.24) is 25.1 Å². The molecule has 1 aliphatic rings. The first-order chi connectivity index (χ1) is 13.9. The number of halogens is 3. The first-order valence-corrected chi connectivity index (χ1v) is 9.11. The van der Waals surface area contributed by atoms with Gasteiger partial charge >= 0.3 is 0 Å². The number of rotatable bonds is 5. The summed E-state index contributed by atoms with van der Waals surface area (Å²) in [5.74, 6) is -1.40. The third-order valence-electron chi connectivity index (χ3n) is 4.45. The average Bonchev–Trinajstić information content (AvgIpc) is 3.08. The minimum Gasteiger partial charge on any atom is -0.366 e. The van der Waals surface area contributed by atoms with Crippen LogP contribution in [-0.2, 0) is 17.9 Å². The highest BCUT2D eigenvalue weighted by molar-refractivity contribution is 6.31. The number of carbonyl (C=O) groups excluding carboxylic acids is 1. The molecule has 0 bridgehead atoms. The molecule has 1 atom stereocenters. The summed E-state index contributed by atoms with van der Waals surface area (Å²) in [6.45, 7) is 1.95. The molecule has 1 aliphatic heterocycles. The lowest BCUT2D eigenvalue weighted by Crippen LogP contribution is -2.37. The van der Waals surface area contributed by atoms with Crippen LogP contribution in [0.4, 0.5) is 26.2 Å². The number of nitrogens with zero attached hydrogens (tertiary/aromatic N) is 4. The molecule has 3 heterocycles. The molecule has 0 saturated carbocycles. The minimum absolute atomic E-state index is 0.00931. The molecule has 0 saturated heterocycles. The Morgan fingerprint density at radius 1 is 1.34 bits per heavy atom. The Bertz CT molecular complexity index is 1090. The number of nitrogens with one attached hydrogen (secondary N) is 3. The Kier molecular flexibility index (Phi) is 5.01. The van der Waals surface area contributed by atoms with E-state index in [1.807, 2.05) is 6.92 Å². The molecule has 2 aromatic heterocycles. The molecule has 150 valence electrons. The number of fused-ring (bicyclic) bond motifs is 1. The van der Waals surface area contributed by atoms with Gasteiger partial charge in [0, 0.05) is 23.3 Å². The molecule has 11 heteroatoms. The van der Waals surface area contributed by atoms with E-state index in [2.05, 4.69) is 31.0 Å². The predicted octanol–water partition coefficient (Wildman–Crippen LogP) is 3.15. The third kappa shape index (κ3) is 3.83. The van der Waals surface area contributed by atoms with Crippen molar-refractivity contribution in [2.24, 2.45) is 0 Å². The molecule has 1 amide bonds. The van der Waals surface area contributed by atoms with Crippen LogP contribution in [0, 0.1) is 11.6 Å². The summed E-state index contributed by atoms with van der Waals surface area (Å²) in [4.78, 5) is 20.1. The minimum atomic E-state index is -1.00. The van der Waals surface area contributed by atoms with Crippen LogP contribution in [0.15, 0.2) is 30.6 Å². The summed E-state index contributed by atoms with van der Waals surface area (Å²) >= 11 is 5.95. The zero-order valence-corrected chi connectivity index (χ0v) is 16.0. The van der Waals surface area contributed by atoms with Crippen LogP contribution in [0.1, 0.15) is 24.2 Å². The van der Waals surface area contributed by atoms with Crippen molar-refractivity contribution in [3.8, 4) is 0 Å². The zero-order valence-electron chi connectivity index (χ0n) is 15.2. The van der Waals surface area contributed by atoms with Gasteiger partial charge in [-0.3, -0.25) is 9.48 Å². The number of hydrogen-bond donors (Lipinski definition) is 3. The second-order valence-corrected chi connectivity index (χ2v) is 6.86. The van der Waals surface area contributed by atoms with Crippen LogP contribution in [0.25, 0.3) is 0 Å². The van der Waals surface area contributed by atoms with Crippen LogP contribution < -0.4 is 16.0 Å². The van der Waals surface area contributed by atoms with Crippen LogP contribution in [0.2, 0.25) is 5.02 Å². The number of aromatic nitrogens is 4. The Morgan fingerprint density at radius 2 is 2.17 bits per heavy atom. The van der Waals surface area contributed by atoms with Gasteiger partial charge in [-0.15, -0.1) is 0 Å². The summed E-state index contributed by atoms with van der Waals surface area (Å²) in [7, 11) is 0. The summed E-state index contributed by atoms with van der Waals surface area (Å²) in [5.41, 5.74) is 1.48. The SMILES string of the molecule is CC1NC(=O)Cn2ncc(Nc3nccc(NCc4c(Cl)ccc(F)c4F)n3)c21. The number of anilines is 3. The highest BCUT2D eigenvalue weighted by Gasteiger charge is 2.25. The largest absolute Gasteiger partial charge is 0.366 e. The first kappa shape index (κ1) is 19.1. The molecule has 0 radical (unpaired) electrons. The molecule has 8 nitrogen and oxygen atoms in total. The Balaban J connectivity index is 1.51. The highest BCUT2D eigenvalue weighted by atomic mass is 35.5. The van der Waals surface area contributed by atoms with Crippen molar-refractivity contribution in [3.63, 3.8) is 0 Å². The maximum Gasteiger partial charge on any atom is 0.242 e. The fraction of sp³-hybridized carbons (Fsp3) is 0.222. The molecule has 1 aromatic carbocycles. The van der Waals surface area contributed by atoms with E-state index in [9.17, 15) is 13.6 Å². The molecule has 29 heavy (non-hydrogen) atoms. The van der Waals surface area contributed by atoms with Crippen molar-refractivity contribution in [1.29, 1.82) is 0 Å². The van der Waals surface area contributed by atoms with E-state index in [-0.39, 0.29) is 41.6 Å². The van der Waals surface area contributed by atoms with Gasteiger partial charge in [0.05, 0.1) is 23.6 Å². The fourth-order valence-electron chi connectivity index (χ4n) is 3.11. The lowest BCUT2D eigenvalue weighted by Gasteiger charge is -2.22. The van der Waals surface area contributed by atoms with Crippen LogP contribution in [0.3, 0.4) is 0 Å². The van der Waals surface area contributed by atoms with Crippen LogP contribution >= 0.6 is 11.6 Å². The second kappa shape index (κ2) is 7.63. The standard InChI is InChI=1S/C18H16ClF2N7O/c1-9-17-13(7-24-28(17)8-15(29)25-9)26-18-22-5-4-14(27-18)23-6-10-11(19)2-3-12(20)16(10)21/h2-5,7,9H,6,8H2,1H3,(H,25,29)(H2,22,23,26,27). The van der Waals surface area contributed by atoms with Crippen molar-refractivity contribution >= 4 is 35.0 Å². The smallest absolute Gasteiger partial charge is 0.242 e. The van der Waals surface area contributed by atoms with Gasteiger partial charge in [-0.25, -0.2) is 13.8 Å². The number of amides is 1. The molecular formula is C18H16ClF2N7O. The second-order valence-electron chi connectivity index (χ2n) is 6.46. The van der Waals surface area contributed by atoms with Crippen LogP contribution in [0.5, 0.6) is 0 Å². The van der Waals surface area contributed by atoms with Gasteiger partial charge < -0.3 is 16.0 Å². The lowest BCUT2D eigenvalue weighted by molar-refractivity contribution is -0.123. The topological polar surface area (TPSA) is 96.8 Å². The quantitative estimate of drug-likeness (QED) is 0.550. The van der Waals surface area contributed by atoms with Gasteiger partial charge in [0.25, 0.3) is 0 Å². The summed E-state index contributed by atoms with van der Waals surface area (Å²) in [6, 6.07) is 3.64. The Morgan fingerprint density at radius 3 is 3.00 bits per heavy atom. The molecular weight excluding hydrogens is 404 g/mol. The molecule has 1 unspecified atom stereocenters. The molecule has 0 fully saturated rings. The van der Waals surface area contributed by atoms with Gasteiger partial charge in [0.15, 0.2) is 11.6 Å². The summed E-state index contributed by atoms with van der Waals surface area (Å²) < 4.78 is 29.0. The number of benzene rings is 1. The molecule has 0 spiro atoms. The number of carbonyl (C=O) groups is 1. The van der Waals surface area contributed by atoms with Crippen molar-refractivity contribution in [3.05, 3.63) is 58.5 Å². The van der Waals surface area contributed by atoms with Crippen molar-refractivity contribution in [2.45, 2.75) is 26.1 Å². The van der Waals surface area contributed by atoms with E-state index in [0.717, 1.165) is 11.8 Å². The van der Waals surface area contributed by atoms with E-state index >= 15 is 0 Å². The van der Waals surface area contributed by atoms with E-state index < -0.39 is 11.6 Å². The zero-order chi connectivity index (χ0) is 20.5. The predicted molar refractivity (Wildman–Crippen MR) is 103 cm³/mol. The van der Waals surface area contributed by atoms with E-state index in [1.54, 1.807) is 16.9 Å². The maximum atomic E-state index is 13.9. The molecule has 3 aromatic rings. The van der Waals surface area contributed by atoms with E-state index in [1.165, 1.54) is 12.3 Å². The van der Waals surface area contributed by atoms with Gasteiger partial charge in [-0.05, 0) is 25.1 Å². The fourth-order valence-corrected chi connectivity index (χ4v) is 3.33. The third-order valence-corrected chi connectivity index (χ3v) is 4.80. The summed E-state index contributed by atoms with van der Waals surface area (Å²) in [5, 5.41) is 13.1. The average molecular weight is 420 g/mol. The van der Waals surface area contributed by atoms with Crippen molar-refractivity contribution < 1.29 is 13.6 Å².